The standard InChI is InChI=1S/C11H16BrClN4/c1-2-3-6-15-11(17-14)16-10-7-8(12)4-5-9(10)13/h4-5,7H,2-3,6,14H2,1H3,(H2,15,16,17). The lowest BCUT2D eigenvalue weighted by molar-refractivity contribution is 0.801. The summed E-state index contributed by atoms with van der Waals surface area (Å²) < 4.78 is 0.939. The molecule has 0 heterocycles. The van der Waals surface area contributed by atoms with Crippen LogP contribution >= 0.6 is 27.5 Å². The monoisotopic (exact) mass is 318 g/mol. The van der Waals surface area contributed by atoms with Crippen LogP contribution in [0, 0.1) is 0 Å². The van der Waals surface area contributed by atoms with Crippen molar-refractivity contribution in [3.63, 3.8) is 0 Å². The number of aliphatic imine (C=N–C) groups is 1. The first-order valence-corrected chi connectivity index (χ1v) is 6.57. The topological polar surface area (TPSA) is 62.4 Å². The quantitative estimate of drug-likeness (QED) is 0.263. The minimum atomic E-state index is 0.512. The third-order valence-electron chi connectivity index (χ3n) is 2.10. The molecular formula is C11H16BrClN4. The maximum absolute atomic E-state index is 6.05. The van der Waals surface area contributed by atoms with Gasteiger partial charge in [0.1, 0.15) is 0 Å². The third-order valence-corrected chi connectivity index (χ3v) is 2.92. The molecule has 6 heteroatoms. The SMILES string of the molecule is CCCCN=C(NN)Nc1cc(Br)ccc1Cl. The van der Waals surface area contributed by atoms with Crippen LogP contribution in [0.25, 0.3) is 0 Å². The van der Waals surface area contributed by atoms with Gasteiger partial charge in [-0.1, -0.05) is 40.9 Å². The number of anilines is 1. The fraction of sp³-hybridized carbons (Fsp3) is 0.364. The number of hydrogen-bond donors (Lipinski definition) is 3. The Bertz CT molecular complexity index is 395. The molecule has 1 rings (SSSR count). The molecule has 0 saturated carbocycles. The van der Waals surface area contributed by atoms with E-state index < -0.39 is 0 Å². The van der Waals surface area contributed by atoms with Gasteiger partial charge in [0, 0.05) is 11.0 Å². The zero-order chi connectivity index (χ0) is 12.7. The van der Waals surface area contributed by atoms with E-state index in [-0.39, 0.29) is 0 Å². The second kappa shape index (κ2) is 7.53. The predicted molar refractivity (Wildman–Crippen MR) is 77.3 cm³/mol. The van der Waals surface area contributed by atoms with Gasteiger partial charge in [-0.15, -0.1) is 0 Å². The molecule has 0 saturated heterocycles. The number of halogens is 2. The van der Waals surface area contributed by atoms with E-state index in [0.717, 1.165) is 29.5 Å². The second-order valence-electron chi connectivity index (χ2n) is 3.48. The molecule has 4 nitrogen and oxygen atoms in total. The van der Waals surface area contributed by atoms with E-state index in [0.29, 0.717) is 11.0 Å². The zero-order valence-electron chi connectivity index (χ0n) is 9.63. The van der Waals surface area contributed by atoms with E-state index in [4.69, 9.17) is 17.4 Å². The van der Waals surface area contributed by atoms with Gasteiger partial charge in [0.05, 0.1) is 10.7 Å². The van der Waals surface area contributed by atoms with Gasteiger partial charge in [0.25, 0.3) is 0 Å². The number of hydrogen-bond acceptors (Lipinski definition) is 2. The highest BCUT2D eigenvalue weighted by Gasteiger charge is 2.03. The molecule has 0 unspecified atom stereocenters. The largest absolute Gasteiger partial charge is 0.324 e. The number of rotatable bonds is 4. The van der Waals surface area contributed by atoms with Gasteiger partial charge in [-0.05, 0) is 24.6 Å². The molecule has 0 aliphatic carbocycles. The Morgan fingerprint density at radius 1 is 1.53 bits per heavy atom. The van der Waals surface area contributed by atoms with Crippen LogP contribution in [-0.4, -0.2) is 12.5 Å². The van der Waals surface area contributed by atoms with Gasteiger partial charge < -0.3 is 5.32 Å². The van der Waals surface area contributed by atoms with Crippen LogP contribution in [0.1, 0.15) is 19.8 Å². The average molecular weight is 320 g/mol. The molecule has 0 aromatic heterocycles. The Balaban J connectivity index is 2.73. The van der Waals surface area contributed by atoms with Crippen LogP contribution in [0.2, 0.25) is 5.02 Å². The average Bonchev–Trinajstić information content (AvgIpc) is 2.32. The number of benzene rings is 1. The highest BCUT2D eigenvalue weighted by atomic mass is 79.9. The van der Waals surface area contributed by atoms with Gasteiger partial charge in [-0.2, -0.15) is 0 Å². The highest BCUT2D eigenvalue weighted by Crippen LogP contribution is 2.25. The number of nitrogens with zero attached hydrogens (tertiary/aromatic N) is 1. The smallest absolute Gasteiger partial charge is 0.210 e. The van der Waals surface area contributed by atoms with Crippen LogP contribution in [0.3, 0.4) is 0 Å². The third kappa shape index (κ3) is 4.93. The molecule has 0 aliphatic heterocycles. The summed E-state index contributed by atoms with van der Waals surface area (Å²) in [5.41, 5.74) is 3.28. The first-order chi connectivity index (χ1) is 8.17. The van der Waals surface area contributed by atoms with Crippen molar-refractivity contribution >= 4 is 39.2 Å². The number of nitrogens with one attached hydrogen (secondary N) is 2. The van der Waals surface area contributed by atoms with Crippen LogP contribution in [0.5, 0.6) is 0 Å². The summed E-state index contributed by atoms with van der Waals surface area (Å²) in [5.74, 6) is 5.91. The molecule has 0 fully saturated rings. The normalized spacial score (nSPS) is 11.4. The summed E-state index contributed by atoms with van der Waals surface area (Å²) in [7, 11) is 0. The van der Waals surface area contributed by atoms with Crippen LogP contribution in [0.4, 0.5) is 5.69 Å². The lowest BCUT2D eigenvalue weighted by atomic mass is 10.3. The van der Waals surface area contributed by atoms with Crippen molar-refractivity contribution in [1.29, 1.82) is 0 Å². The van der Waals surface area contributed by atoms with Crippen molar-refractivity contribution in [1.82, 2.24) is 5.43 Å². The molecule has 0 atom stereocenters. The molecule has 4 N–H and O–H groups in total. The second-order valence-corrected chi connectivity index (χ2v) is 4.80. The van der Waals surface area contributed by atoms with Gasteiger partial charge >= 0.3 is 0 Å². The summed E-state index contributed by atoms with van der Waals surface area (Å²) in [6, 6.07) is 5.54. The van der Waals surface area contributed by atoms with Gasteiger partial charge in [-0.25, -0.2) is 5.84 Å². The van der Waals surface area contributed by atoms with Crippen molar-refractivity contribution in [3.05, 3.63) is 27.7 Å². The maximum atomic E-state index is 6.05. The number of hydrazine groups is 1. The van der Waals surface area contributed by atoms with E-state index in [1.165, 1.54) is 0 Å². The lowest BCUT2D eigenvalue weighted by Crippen LogP contribution is -2.36. The summed E-state index contributed by atoms with van der Waals surface area (Å²) in [4.78, 5) is 4.29. The number of unbranched alkanes of at least 4 members (excludes halogenated alkanes) is 1. The molecule has 0 radical (unpaired) electrons. The molecule has 0 amide bonds. The maximum Gasteiger partial charge on any atom is 0.210 e. The Hall–Kier alpha value is -0.780. The first-order valence-electron chi connectivity index (χ1n) is 5.40. The summed E-state index contributed by atoms with van der Waals surface area (Å²) in [6.45, 7) is 2.85. The van der Waals surface area contributed by atoms with Crippen molar-refractivity contribution < 1.29 is 0 Å². The zero-order valence-corrected chi connectivity index (χ0v) is 12.0. The number of guanidine groups is 1. The molecular weight excluding hydrogens is 304 g/mol. The first kappa shape index (κ1) is 14.3. The Labute approximate surface area is 115 Å². The van der Waals surface area contributed by atoms with E-state index in [1.54, 1.807) is 6.07 Å². The van der Waals surface area contributed by atoms with Crippen molar-refractivity contribution in [3.8, 4) is 0 Å². The van der Waals surface area contributed by atoms with E-state index >= 15 is 0 Å². The van der Waals surface area contributed by atoms with Crippen molar-refractivity contribution in [2.75, 3.05) is 11.9 Å². The molecule has 0 spiro atoms. The van der Waals surface area contributed by atoms with Gasteiger partial charge in [-0.3, -0.25) is 10.4 Å². The Morgan fingerprint density at radius 2 is 2.29 bits per heavy atom. The molecule has 1 aromatic carbocycles. The van der Waals surface area contributed by atoms with E-state index in [1.807, 2.05) is 12.1 Å². The van der Waals surface area contributed by atoms with Crippen LogP contribution in [-0.2, 0) is 0 Å². The van der Waals surface area contributed by atoms with Crippen LogP contribution < -0.4 is 16.6 Å². The minimum absolute atomic E-state index is 0.512. The summed E-state index contributed by atoms with van der Waals surface area (Å²) in [5, 5.41) is 3.67. The molecule has 17 heavy (non-hydrogen) atoms. The van der Waals surface area contributed by atoms with Gasteiger partial charge in [0.15, 0.2) is 0 Å². The fourth-order valence-electron chi connectivity index (χ4n) is 1.19. The highest BCUT2D eigenvalue weighted by molar-refractivity contribution is 9.10. The minimum Gasteiger partial charge on any atom is -0.324 e. The van der Waals surface area contributed by atoms with E-state index in [2.05, 4.69) is 38.6 Å². The summed E-state index contributed by atoms with van der Waals surface area (Å²) >= 11 is 9.43. The summed E-state index contributed by atoms with van der Waals surface area (Å²) in [6.07, 6.45) is 2.12. The number of nitrogens with two attached hydrogens (primary N) is 1. The molecule has 94 valence electrons. The fourth-order valence-corrected chi connectivity index (χ4v) is 1.72. The van der Waals surface area contributed by atoms with E-state index in [9.17, 15) is 0 Å². The van der Waals surface area contributed by atoms with Crippen LogP contribution in [0.15, 0.2) is 27.7 Å². The van der Waals surface area contributed by atoms with Crippen molar-refractivity contribution in [2.24, 2.45) is 10.8 Å². The molecule has 1 aromatic rings. The molecule has 0 aliphatic rings. The lowest BCUT2D eigenvalue weighted by Gasteiger charge is -2.10. The van der Waals surface area contributed by atoms with Crippen molar-refractivity contribution in [2.45, 2.75) is 19.8 Å². The Kier molecular flexibility index (Phi) is 6.32. The predicted octanol–water partition coefficient (Wildman–Crippen LogP) is 3.13. The molecule has 0 bridgehead atoms. The van der Waals surface area contributed by atoms with Gasteiger partial charge in [0.2, 0.25) is 5.96 Å². The Morgan fingerprint density at radius 3 is 2.94 bits per heavy atom.